The van der Waals surface area contributed by atoms with Gasteiger partial charge >= 0.3 is 11.9 Å². The van der Waals surface area contributed by atoms with E-state index in [9.17, 15) is 19.8 Å². The lowest BCUT2D eigenvalue weighted by molar-refractivity contribution is -0.284. The lowest BCUT2D eigenvalue weighted by Gasteiger charge is -2.35. The summed E-state index contributed by atoms with van der Waals surface area (Å²) in [5, 5.41) is 20.1. The van der Waals surface area contributed by atoms with Crippen LogP contribution in [0.5, 0.6) is 0 Å². The molecular weight excluding hydrogens is 252 g/mol. The normalized spacial score (nSPS) is 16.7. The van der Waals surface area contributed by atoms with Crippen LogP contribution in [0, 0.1) is 0 Å². The van der Waals surface area contributed by atoms with Crippen LogP contribution < -0.4 is 0 Å². The molecule has 0 aromatic rings. The molecule has 108 valence electrons. The van der Waals surface area contributed by atoms with Gasteiger partial charge in [-0.2, -0.15) is 0 Å². The molecule has 0 aliphatic rings. The summed E-state index contributed by atoms with van der Waals surface area (Å²) in [6, 6.07) is 0. The van der Waals surface area contributed by atoms with E-state index in [1.54, 1.807) is 6.92 Å². The highest BCUT2D eigenvalue weighted by Crippen LogP contribution is 2.24. The molecule has 0 aliphatic heterocycles. The van der Waals surface area contributed by atoms with Crippen molar-refractivity contribution in [2.75, 3.05) is 0 Å². The lowest BCUT2D eigenvalue weighted by Crippen LogP contribution is -2.55. The third kappa shape index (κ3) is 4.50. The van der Waals surface area contributed by atoms with Gasteiger partial charge in [-0.1, -0.05) is 20.1 Å². The molecule has 0 fully saturated rings. The van der Waals surface area contributed by atoms with Gasteiger partial charge < -0.3 is 19.7 Å². The van der Waals surface area contributed by atoms with E-state index in [4.69, 9.17) is 9.47 Å². The van der Waals surface area contributed by atoms with Crippen molar-refractivity contribution < 1.29 is 29.3 Å². The van der Waals surface area contributed by atoms with Gasteiger partial charge in [-0.25, -0.2) is 9.59 Å². The number of esters is 2. The van der Waals surface area contributed by atoms with E-state index >= 15 is 0 Å². The van der Waals surface area contributed by atoms with E-state index in [0.717, 1.165) is 6.08 Å². The van der Waals surface area contributed by atoms with Gasteiger partial charge in [0.2, 0.25) is 0 Å². The summed E-state index contributed by atoms with van der Waals surface area (Å²) in [5.74, 6) is -4.04. The molecule has 6 heteroatoms. The average Bonchev–Trinajstić information content (AvgIpc) is 2.36. The number of hydrogen-bond donors (Lipinski definition) is 2. The van der Waals surface area contributed by atoms with Gasteiger partial charge in [0.05, 0.1) is 0 Å². The third-order valence-electron chi connectivity index (χ3n) is 2.51. The Hall–Kier alpha value is -1.66. The topological polar surface area (TPSA) is 93.1 Å². The summed E-state index contributed by atoms with van der Waals surface area (Å²) in [5.41, 5.74) is 0.0453. The van der Waals surface area contributed by atoms with Crippen molar-refractivity contribution in [3.8, 4) is 0 Å². The minimum Gasteiger partial charge on any atom is -0.452 e. The van der Waals surface area contributed by atoms with Gasteiger partial charge in [0, 0.05) is 11.6 Å². The Morgan fingerprint density at radius 2 is 2.00 bits per heavy atom. The Morgan fingerprint density at radius 3 is 2.37 bits per heavy atom. The molecule has 0 aromatic heterocycles. The first-order valence-corrected chi connectivity index (χ1v) is 5.81. The molecule has 6 nitrogen and oxygen atoms in total. The Labute approximate surface area is 112 Å². The standard InChI is InChI=1S/C13H20O6/c1-6-10(14)13(17,19-12(16)8(3)4)9(5)18-11(15)7-2/h7,9-10,14,17H,2-3,6H2,1,4-5H3. The predicted molar refractivity (Wildman–Crippen MR) is 67.9 cm³/mol. The van der Waals surface area contributed by atoms with Crippen molar-refractivity contribution in [2.45, 2.75) is 45.2 Å². The summed E-state index contributed by atoms with van der Waals surface area (Å²) >= 11 is 0. The highest BCUT2D eigenvalue weighted by atomic mass is 16.7. The molecule has 0 saturated carbocycles. The first kappa shape index (κ1) is 17.3. The Bertz CT molecular complexity index is 375. The van der Waals surface area contributed by atoms with Crippen LogP contribution >= 0.6 is 0 Å². The van der Waals surface area contributed by atoms with E-state index in [2.05, 4.69) is 13.2 Å². The molecule has 0 aromatic carbocycles. The second kappa shape index (κ2) is 7.06. The van der Waals surface area contributed by atoms with Crippen LogP contribution in [0.15, 0.2) is 24.8 Å². The maximum absolute atomic E-state index is 11.5. The van der Waals surface area contributed by atoms with Crippen LogP contribution in [-0.4, -0.2) is 40.1 Å². The first-order valence-electron chi connectivity index (χ1n) is 5.81. The predicted octanol–water partition coefficient (Wildman–Crippen LogP) is 0.683. The fourth-order valence-corrected chi connectivity index (χ4v) is 1.26. The minimum atomic E-state index is -2.34. The summed E-state index contributed by atoms with van der Waals surface area (Å²) in [6.07, 6.45) is -1.69. The fourth-order valence-electron chi connectivity index (χ4n) is 1.26. The average molecular weight is 272 g/mol. The third-order valence-corrected chi connectivity index (χ3v) is 2.51. The molecule has 0 heterocycles. The second-order valence-electron chi connectivity index (χ2n) is 4.13. The summed E-state index contributed by atoms with van der Waals surface area (Å²) in [4.78, 5) is 22.6. The second-order valence-corrected chi connectivity index (χ2v) is 4.13. The molecular formula is C13H20O6. The molecule has 0 radical (unpaired) electrons. The monoisotopic (exact) mass is 272 g/mol. The van der Waals surface area contributed by atoms with Gasteiger partial charge in [0.25, 0.3) is 5.79 Å². The Balaban J connectivity index is 5.16. The van der Waals surface area contributed by atoms with E-state index < -0.39 is 29.9 Å². The van der Waals surface area contributed by atoms with Crippen molar-refractivity contribution in [3.05, 3.63) is 24.8 Å². The van der Waals surface area contributed by atoms with Crippen molar-refractivity contribution in [3.63, 3.8) is 0 Å². The maximum Gasteiger partial charge on any atom is 0.335 e. The van der Waals surface area contributed by atoms with Crippen molar-refractivity contribution in [1.82, 2.24) is 0 Å². The van der Waals surface area contributed by atoms with Crippen LogP contribution in [0.1, 0.15) is 27.2 Å². The number of ether oxygens (including phenoxy) is 2. The van der Waals surface area contributed by atoms with Gasteiger partial charge in [-0.05, 0) is 20.3 Å². The van der Waals surface area contributed by atoms with Gasteiger partial charge in [-0.15, -0.1) is 0 Å². The van der Waals surface area contributed by atoms with Gasteiger partial charge in [0.15, 0.2) is 6.10 Å². The van der Waals surface area contributed by atoms with E-state index in [1.807, 2.05) is 0 Å². The van der Waals surface area contributed by atoms with E-state index in [-0.39, 0.29) is 12.0 Å². The molecule has 0 amide bonds. The van der Waals surface area contributed by atoms with E-state index in [1.165, 1.54) is 13.8 Å². The van der Waals surface area contributed by atoms with Crippen molar-refractivity contribution in [2.24, 2.45) is 0 Å². The molecule has 0 saturated heterocycles. The van der Waals surface area contributed by atoms with Crippen molar-refractivity contribution >= 4 is 11.9 Å². The zero-order valence-corrected chi connectivity index (χ0v) is 11.4. The molecule has 3 unspecified atom stereocenters. The maximum atomic E-state index is 11.5. The summed E-state index contributed by atoms with van der Waals surface area (Å²) in [6.45, 7) is 10.8. The summed E-state index contributed by atoms with van der Waals surface area (Å²) in [7, 11) is 0. The Morgan fingerprint density at radius 1 is 1.47 bits per heavy atom. The van der Waals surface area contributed by atoms with Crippen LogP contribution in [0.25, 0.3) is 0 Å². The SMILES string of the molecule is C=CC(=O)OC(C)C(O)(OC(=O)C(=C)C)C(O)CC. The van der Waals surface area contributed by atoms with Crippen molar-refractivity contribution in [1.29, 1.82) is 0 Å². The Kier molecular flexibility index (Phi) is 6.44. The number of rotatable bonds is 7. The van der Waals surface area contributed by atoms with E-state index in [0.29, 0.717) is 0 Å². The molecule has 19 heavy (non-hydrogen) atoms. The summed E-state index contributed by atoms with van der Waals surface area (Å²) < 4.78 is 9.61. The fraction of sp³-hybridized carbons (Fsp3) is 0.538. The number of carbonyl (C=O) groups excluding carboxylic acids is 2. The zero-order valence-electron chi connectivity index (χ0n) is 11.4. The molecule has 3 atom stereocenters. The van der Waals surface area contributed by atoms with Gasteiger partial charge in [-0.3, -0.25) is 0 Å². The smallest absolute Gasteiger partial charge is 0.335 e. The highest BCUT2D eigenvalue weighted by Gasteiger charge is 2.46. The number of hydrogen-bond acceptors (Lipinski definition) is 6. The minimum absolute atomic E-state index is 0.0453. The van der Waals surface area contributed by atoms with Crippen LogP contribution in [0.4, 0.5) is 0 Å². The molecule has 0 spiro atoms. The number of carbonyl (C=O) groups is 2. The number of aliphatic hydroxyl groups is 2. The highest BCUT2D eigenvalue weighted by molar-refractivity contribution is 5.87. The molecule has 0 bridgehead atoms. The first-order chi connectivity index (χ1) is 8.68. The van der Waals surface area contributed by atoms with Crippen LogP contribution in [0.3, 0.4) is 0 Å². The molecule has 0 aliphatic carbocycles. The lowest BCUT2D eigenvalue weighted by atomic mass is 10.0. The zero-order chi connectivity index (χ0) is 15.2. The molecule has 2 N–H and O–H groups in total. The van der Waals surface area contributed by atoms with Crippen LogP contribution in [0.2, 0.25) is 0 Å². The molecule has 0 rings (SSSR count). The van der Waals surface area contributed by atoms with Crippen LogP contribution in [-0.2, 0) is 19.1 Å². The van der Waals surface area contributed by atoms with Gasteiger partial charge in [0.1, 0.15) is 6.10 Å². The quantitative estimate of drug-likeness (QED) is 0.402. The number of aliphatic hydroxyl groups excluding tert-OH is 1. The largest absolute Gasteiger partial charge is 0.452 e.